The van der Waals surface area contributed by atoms with E-state index in [-0.39, 0.29) is 24.8 Å². The average molecular weight is 292 g/mol. The van der Waals surface area contributed by atoms with E-state index in [9.17, 15) is 0 Å². The molecule has 0 bridgehead atoms. The Balaban J connectivity index is 0.00000128. The molecule has 0 spiro atoms. The van der Waals surface area contributed by atoms with E-state index in [0.29, 0.717) is 0 Å². The van der Waals surface area contributed by atoms with Crippen LogP contribution in [0.3, 0.4) is 0 Å². The maximum atomic E-state index is 5.46. The average Bonchev–Trinajstić information content (AvgIpc) is 2.76. The van der Waals surface area contributed by atoms with Crippen LogP contribution in [0.1, 0.15) is 11.4 Å². The first-order valence-corrected chi connectivity index (χ1v) is 5.84. The lowest BCUT2D eigenvalue weighted by Gasteiger charge is -1.94. The normalized spacial score (nSPS) is 9.24. The molecule has 0 aliphatic heterocycles. The van der Waals surface area contributed by atoms with Crippen LogP contribution in [0.2, 0.25) is 0 Å². The number of rotatable bonds is 4. The van der Waals surface area contributed by atoms with Crippen LogP contribution in [0, 0.1) is 0 Å². The van der Waals surface area contributed by atoms with Crippen molar-refractivity contribution in [3.8, 4) is 11.4 Å². The fraction of sp³-hybridized carbons (Fsp3) is 0.273. The van der Waals surface area contributed by atoms with E-state index in [1.165, 1.54) is 0 Å². The lowest BCUT2D eigenvalue weighted by molar-refractivity contribution is 0.826. The molecule has 3 nitrogen and oxygen atoms in total. The zero-order valence-corrected chi connectivity index (χ0v) is 11.7. The number of thiazole rings is 1. The Morgan fingerprint density at radius 2 is 2.00 bits per heavy atom. The molecule has 2 rings (SSSR count). The number of halogens is 2. The van der Waals surface area contributed by atoms with Gasteiger partial charge in [-0.3, -0.25) is 4.98 Å². The number of nitrogens with zero attached hydrogens (tertiary/aromatic N) is 2. The van der Waals surface area contributed by atoms with E-state index in [1.54, 1.807) is 17.5 Å². The van der Waals surface area contributed by atoms with Gasteiger partial charge in [-0.15, -0.1) is 36.2 Å². The lowest BCUT2D eigenvalue weighted by atomic mass is 10.3. The summed E-state index contributed by atoms with van der Waals surface area (Å²) in [6.07, 6.45) is 3.75. The third kappa shape index (κ3) is 4.60. The first kappa shape index (κ1) is 16.3. The highest BCUT2D eigenvalue weighted by Crippen LogP contribution is 2.20. The van der Waals surface area contributed by atoms with E-state index in [4.69, 9.17) is 5.73 Å². The molecule has 0 aromatic carbocycles. The molecule has 6 heteroatoms. The number of nitrogens with two attached hydrogens (primary N) is 1. The molecule has 0 aliphatic carbocycles. The summed E-state index contributed by atoms with van der Waals surface area (Å²) in [5.74, 6) is 0. The van der Waals surface area contributed by atoms with Gasteiger partial charge < -0.3 is 5.73 Å². The van der Waals surface area contributed by atoms with Gasteiger partial charge in [0.05, 0.1) is 16.4 Å². The van der Waals surface area contributed by atoms with Crippen molar-refractivity contribution >= 4 is 36.2 Å². The Hall–Kier alpha value is -0.680. The van der Waals surface area contributed by atoms with Crippen LogP contribution in [0.25, 0.3) is 11.4 Å². The van der Waals surface area contributed by atoms with Gasteiger partial charge in [-0.2, -0.15) is 0 Å². The Bertz CT molecular complexity index is 420. The quantitative estimate of drug-likeness (QED) is 0.942. The highest BCUT2D eigenvalue weighted by atomic mass is 35.5. The Kier molecular flexibility index (Phi) is 8.08. The topological polar surface area (TPSA) is 51.8 Å². The smallest absolute Gasteiger partial charge is 0.0998 e. The summed E-state index contributed by atoms with van der Waals surface area (Å²) in [5, 5.41) is 3.19. The number of hydrogen-bond donors (Lipinski definition) is 1. The van der Waals surface area contributed by atoms with Crippen LogP contribution in [-0.2, 0) is 6.42 Å². The second kappa shape index (κ2) is 8.42. The molecular weight excluding hydrogens is 277 g/mol. The summed E-state index contributed by atoms with van der Waals surface area (Å²) < 4.78 is 0. The van der Waals surface area contributed by atoms with Gasteiger partial charge in [-0.05, 0) is 25.1 Å². The molecule has 0 unspecified atom stereocenters. The van der Waals surface area contributed by atoms with E-state index in [1.807, 2.05) is 23.6 Å². The van der Waals surface area contributed by atoms with Crippen molar-refractivity contribution in [2.45, 2.75) is 12.8 Å². The van der Waals surface area contributed by atoms with Gasteiger partial charge in [0.1, 0.15) is 0 Å². The molecule has 0 saturated carbocycles. The SMILES string of the molecule is Cl.Cl.NCCCc1nc(-c2ccccn2)cs1. The van der Waals surface area contributed by atoms with Crippen LogP contribution < -0.4 is 5.73 Å². The molecule has 2 aromatic rings. The summed E-state index contributed by atoms with van der Waals surface area (Å²) in [4.78, 5) is 8.78. The van der Waals surface area contributed by atoms with E-state index in [0.717, 1.165) is 35.8 Å². The first-order valence-electron chi connectivity index (χ1n) is 4.96. The summed E-state index contributed by atoms with van der Waals surface area (Å²) in [7, 11) is 0. The predicted molar refractivity (Wildman–Crippen MR) is 77.2 cm³/mol. The van der Waals surface area contributed by atoms with Crippen molar-refractivity contribution in [2.75, 3.05) is 6.54 Å². The van der Waals surface area contributed by atoms with E-state index < -0.39 is 0 Å². The summed E-state index contributed by atoms with van der Waals surface area (Å²) in [6.45, 7) is 0.721. The molecule has 94 valence electrons. The third-order valence-electron chi connectivity index (χ3n) is 2.07. The third-order valence-corrected chi connectivity index (χ3v) is 2.98. The van der Waals surface area contributed by atoms with Crippen molar-refractivity contribution in [1.29, 1.82) is 0 Å². The van der Waals surface area contributed by atoms with Crippen LogP contribution in [0.4, 0.5) is 0 Å². The molecule has 2 aromatic heterocycles. The number of pyridine rings is 1. The second-order valence-corrected chi connectivity index (χ2v) is 4.18. The summed E-state index contributed by atoms with van der Waals surface area (Å²) in [6, 6.07) is 5.86. The van der Waals surface area contributed by atoms with E-state index >= 15 is 0 Å². The molecule has 0 saturated heterocycles. The van der Waals surface area contributed by atoms with Gasteiger partial charge in [-0.1, -0.05) is 6.07 Å². The molecule has 0 fully saturated rings. The maximum Gasteiger partial charge on any atom is 0.0998 e. The Labute approximate surface area is 117 Å². The molecule has 0 amide bonds. The highest BCUT2D eigenvalue weighted by molar-refractivity contribution is 7.09. The predicted octanol–water partition coefficient (Wildman–Crippen LogP) is 2.94. The van der Waals surface area contributed by atoms with Crippen LogP contribution in [-0.4, -0.2) is 16.5 Å². The van der Waals surface area contributed by atoms with Crippen molar-refractivity contribution < 1.29 is 0 Å². The summed E-state index contributed by atoms with van der Waals surface area (Å²) >= 11 is 1.68. The molecule has 2 heterocycles. The fourth-order valence-corrected chi connectivity index (χ4v) is 2.15. The van der Waals surface area contributed by atoms with Crippen LogP contribution in [0.15, 0.2) is 29.8 Å². The van der Waals surface area contributed by atoms with Gasteiger partial charge in [0.25, 0.3) is 0 Å². The summed E-state index contributed by atoms with van der Waals surface area (Å²) in [5.41, 5.74) is 7.36. The Morgan fingerprint density at radius 3 is 2.65 bits per heavy atom. The molecule has 0 aliphatic rings. The van der Waals surface area contributed by atoms with Gasteiger partial charge in [0.15, 0.2) is 0 Å². The zero-order chi connectivity index (χ0) is 10.5. The van der Waals surface area contributed by atoms with Crippen molar-refractivity contribution in [2.24, 2.45) is 5.73 Å². The van der Waals surface area contributed by atoms with Gasteiger partial charge in [-0.25, -0.2) is 4.98 Å². The van der Waals surface area contributed by atoms with Crippen molar-refractivity contribution in [1.82, 2.24) is 9.97 Å². The molecular formula is C11H15Cl2N3S. The van der Waals surface area contributed by atoms with Crippen LogP contribution in [0.5, 0.6) is 0 Å². The standard InChI is InChI=1S/C11H13N3S.2ClH/c12-6-3-5-11-14-10(8-15-11)9-4-1-2-7-13-9;;/h1-2,4,7-8H,3,5-6,12H2;2*1H. The number of aromatic nitrogens is 2. The van der Waals surface area contributed by atoms with Gasteiger partial charge in [0.2, 0.25) is 0 Å². The fourth-order valence-electron chi connectivity index (χ4n) is 1.31. The minimum absolute atomic E-state index is 0. The molecule has 0 radical (unpaired) electrons. The van der Waals surface area contributed by atoms with Gasteiger partial charge in [0, 0.05) is 18.0 Å². The zero-order valence-electron chi connectivity index (χ0n) is 9.20. The minimum Gasteiger partial charge on any atom is -0.330 e. The van der Waals surface area contributed by atoms with E-state index in [2.05, 4.69) is 9.97 Å². The minimum atomic E-state index is 0. The second-order valence-electron chi connectivity index (χ2n) is 3.23. The number of hydrogen-bond acceptors (Lipinski definition) is 4. The first-order chi connectivity index (χ1) is 7.40. The van der Waals surface area contributed by atoms with Gasteiger partial charge >= 0.3 is 0 Å². The Morgan fingerprint density at radius 1 is 1.18 bits per heavy atom. The number of aryl methyl sites for hydroxylation is 1. The van der Waals surface area contributed by atoms with Crippen molar-refractivity contribution in [3.05, 3.63) is 34.8 Å². The van der Waals surface area contributed by atoms with Crippen molar-refractivity contribution in [3.63, 3.8) is 0 Å². The monoisotopic (exact) mass is 291 g/mol. The van der Waals surface area contributed by atoms with Crippen LogP contribution >= 0.6 is 36.2 Å². The molecule has 17 heavy (non-hydrogen) atoms. The molecule has 0 atom stereocenters. The molecule has 2 N–H and O–H groups in total. The largest absolute Gasteiger partial charge is 0.330 e. The maximum absolute atomic E-state index is 5.46. The lowest BCUT2D eigenvalue weighted by Crippen LogP contribution is -1.99. The highest BCUT2D eigenvalue weighted by Gasteiger charge is 2.04.